The van der Waals surface area contributed by atoms with Crippen LogP contribution >= 0.6 is 0 Å². The van der Waals surface area contributed by atoms with Gasteiger partial charge in [-0.05, 0) is 69.0 Å². The third kappa shape index (κ3) is 4.93. The predicted molar refractivity (Wildman–Crippen MR) is 141 cm³/mol. The van der Waals surface area contributed by atoms with E-state index in [4.69, 9.17) is 4.74 Å². The Bertz CT molecular complexity index is 1260. The van der Waals surface area contributed by atoms with Gasteiger partial charge in [0.1, 0.15) is 0 Å². The monoisotopic (exact) mass is 511 g/mol. The van der Waals surface area contributed by atoms with Crippen LogP contribution in [0.15, 0.2) is 42.5 Å². The topological polar surface area (TPSA) is 87.2 Å². The zero-order valence-corrected chi connectivity index (χ0v) is 21.8. The van der Waals surface area contributed by atoms with Gasteiger partial charge in [-0.25, -0.2) is 13.2 Å². The van der Waals surface area contributed by atoms with E-state index in [-0.39, 0.29) is 35.5 Å². The lowest BCUT2D eigenvalue weighted by atomic mass is 10.00. The van der Waals surface area contributed by atoms with E-state index in [9.17, 15) is 18.0 Å². The van der Waals surface area contributed by atoms with Crippen LogP contribution in [0.4, 0.5) is 21.9 Å². The summed E-state index contributed by atoms with van der Waals surface area (Å²) in [5, 5.41) is 0. The summed E-state index contributed by atoms with van der Waals surface area (Å²) in [7, 11) is -2.93. The van der Waals surface area contributed by atoms with Gasteiger partial charge in [0.25, 0.3) is 0 Å². The molecule has 0 spiro atoms. The van der Waals surface area contributed by atoms with Crippen LogP contribution < -0.4 is 14.7 Å². The largest absolute Gasteiger partial charge is 0.446 e. The molecule has 2 aromatic rings. The normalized spacial score (nSPS) is 21.3. The highest BCUT2D eigenvalue weighted by Crippen LogP contribution is 2.42. The van der Waals surface area contributed by atoms with Crippen LogP contribution in [0, 0.1) is 5.92 Å². The van der Waals surface area contributed by atoms with E-state index in [0.29, 0.717) is 25.3 Å². The van der Waals surface area contributed by atoms with Crippen LogP contribution in [0.5, 0.6) is 0 Å². The first-order valence-corrected chi connectivity index (χ1v) is 14.5. The maximum absolute atomic E-state index is 13.1. The number of benzene rings is 2. The number of carbonyl (C=O) groups is 2. The van der Waals surface area contributed by atoms with Crippen molar-refractivity contribution in [3.8, 4) is 11.1 Å². The lowest BCUT2D eigenvalue weighted by Crippen LogP contribution is -2.52. The molecule has 0 radical (unpaired) electrons. The number of sulfone groups is 1. The molecule has 36 heavy (non-hydrogen) atoms. The van der Waals surface area contributed by atoms with Crippen LogP contribution in [0.1, 0.15) is 33.6 Å². The molecule has 2 fully saturated rings. The van der Waals surface area contributed by atoms with Gasteiger partial charge in [-0.1, -0.05) is 18.2 Å². The van der Waals surface area contributed by atoms with Crippen molar-refractivity contribution in [2.75, 3.05) is 45.8 Å². The Hall–Kier alpha value is -3.07. The molecule has 2 heterocycles. The number of amides is 2. The first kappa shape index (κ1) is 24.6. The highest BCUT2D eigenvalue weighted by atomic mass is 32.2. The molecule has 2 amide bonds. The lowest BCUT2D eigenvalue weighted by Gasteiger charge is -2.41. The molecule has 8 nitrogen and oxygen atoms in total. The van der Waals surface area contributed by atoms with Crippen molar-refractivity contribution in [2.45, 2.75) is 45.8 Å². The summed E-state index contributed by atoms with van der Waals surface area (Å²) >= 11 is 0. The van der Waals surface area contributed by atoms with Crippen LogP contribution in [0.2, 0.25) is 0 Å². The molecule has 9 heteroatoms. The standard InChI is InChI=1S/C27H33N3O5S/c1-18(2)35-27(32)29-17-19(3)30(26(31)21-4-5-21)24-11-8-22(16-25(24)29)20-6-9-23(10-7-20)28-12-14-36(33,34)15-13-28/h6-11,16,18-19,21H,4-5,12-15,17H2,1-3H3/t19-/m0/s1. The van der Waals surface area contributed by atoms with Gasteiger partial charge in [0.05, 0.1) is 35.0 Å². The Balaban J connectivity index is 1.46. The maximum atomic E-state index is 13.1. The minimum atomic E-state index is -2.93. The first-order chi connectivity index (χ1) is 17.1. The van der Waals surface area contributed by atoms with E-state index in [1.165, 1.54) is 0 Å². The Labute approximate surface area is 212 Å². The Morgan fingerprint density at radius 2 is 1.58 bits per heavy atom. The summed E-state index contributed by atoms with van der Waals surface area (Å²) in [6, 6.07) is 13.7. The number of carbonyl (C=O) groups excluding carboxylic acids is 2. The smallest absolute Gasteiger partial charge is 0.414 e. The molecular weight excluding hydrogens is 478 g/mol. The third-order valence-corrected chi connectivity index (χ3v) is 8.65. The molecule has 192 valence electrons. The van der Waals surface area contributed by atoms with Crippen LogP contribution in [0.3, 0.4) is 0 Å². The van der Waals surface area contributed by atoms with E-state index in [1.807, 2.05) is 68.1 Å². The summed E-state index contributed by atoms with van der Waals surface area (Å²) in [5.74, 6) is 0.556. The molecule has 1 saturated carbocycles. The number of fused-ring (bicyclic) bond motifs is 1. The summed E-state index contributed by atoms with van der Waals surface area (Å²) < 4.78 is 29.0. The van der Waals surface area contributed by atoms with Crippen molar-refractivity contribution in [1.82, 2.24) is 0 Å². The van der Waals surface area contributed by atoms with Crippen molar-refractivity contribution < 1.29 is 22.7 Å². The number of ether oxygens (including phenoxy) is 1. The molecule has 0 N–H and O–H groups in total. The van der Waals surface area contributed by atoms with E-state index >= 15 is 0 Å². The fourth-order valence-corrected chi connectivity index (χ4v) is 6.14. The van der Waals surface area contributed by atoms with E-state index < -0.39 is 15.9 Å². The molecule has 1 saturated heterocycles. The summed E-state index contributed by atoms with van der Waals surface area (Å²) in [6.45, 7) is 6.98. The second-order valence-corrected chi connectivity index (χ2v) is 12.6. The summed E-state index contributed by atoms with van der Waals surface area (Å²) in [5.41, 5.74) is 4.31. The lowest BCUT2D eigenvalue weighted by molar-refractivity contribution is -0.120. The van der Waals surface area contributed by atoms with Gasteiger partial charge in [-0.15, -0.1) is 0 Å². The number of nitrogens with zero attached hydrogens (tertiary/aromatic N) is 3. The molecule has 1 aliphatic carbocycles. The van der Waals surface area contributed by atoms with Gasteiger partial charge in [-0.3, -0.25) is 9.69 Å². The number of anilines is 3. The number of rotatable bonds is 4. The zero-order chi connectivity index (χ0) is 25.6. The summed E-state index contributed by atoms with van der Waals surface area (Å²) in [6.07, 6.45) is 1.18. The Kier molecular flexibility index (Phi) is 6.44. The highest BCUT2D eigenvalue weighted by molar-refractivity contribution is 7.91. The first-order valence-electron chi connectivity index (χ1n) is 12.6. The zero-order valence-electron chi connectivity index (χ0n) is 21.0. The van der Waals surface area contributed by atoms with Crippen LogP contribution in [-0.2, 0) is 19.4 Å². The highest BCUT2D eigenvalue weighted by Gasteiger charge is 2.41. The maximum Gasteiger partial charge on any atom is 0.414 e. The Morgan fingerprint density at radius 3 is 2.19 bits per heavy atom. The van der Waals surface area contributed by atoms with Gasteiger partial charge in [0.2, 0.25) is 5.91 Å². The van der Waals surface area contributed by atoms with Gasteiger partial charge in [-0.2, -0.15) is 0 Å². The van der Waals surface area contributed by atoms with Gasteiger partial charge in [0.15, 0.2) is 9.84 Å². The van der Waals surface area contributed by atoms with Gasteiger partial charge >= 0.3 is 6.09 Å². The van der Waals surface area contributed by atoms with Crippen LogP contribution in [-0.4, -0.2) is 63.7 Å². The van der Waals surface area contributed by atoms with E-state index in [0.717, 1.165) is 35.3 Å². The van der Waals surface area contributed by atoms with Crippen molar-refractivity contribution in [3.63, 3.8) is 0 Å². The van der Waals surface area contributed by atoms with Crippen LogP contribution in [0.25, 0.3) is 11.1 Å². The van der Waals surface area contributed by atoms with Gasteiger partial charge < -0.3 is 14.5 Å². The molecule has 3 aliphatic rings. The second-order valence-electron chi connectivity index (χ2n) is 10.3. The molecule has 1 atom stereocenters. The summed E-state index contributed by atoms with van der Waals surface area (Å²) in [4.78, 5) is 31.7. The molecular formula is C27H33N3O5S. The van der Waals surface area contributed by atoms with Gasteiger partial charge in [0, 0.05) is 31.2 Å². The van der Waals surface area contributed by atoms with Crippen molar-refractivity contribution in [2.24, 2.45) is 5.92 Å². The van der Waals surface area contributed by atoms with E-state index in [1.54, 1.807) is 4.90 Å². The van der Waals surface area contributed by atoms with Crippen molar-refractivity contribution >= 4 is 38.9 Å². The van der Waals surface area contributed by atoms with E-state index in [2.05, 4.69) is 4.90 Å². The average molecular weight is 512 g/mol. The molecule has 2 aromatic carbocycles. The Morgan fingerprint density at radius 1 is 0.944 bits per heavy atom. The third-order valence-electron chi connectivity index (χ3n) is 7.04. The van der Waals surface area contributed by atoms with Crippen molar-refractivity contribution in [3.05, 3.63) is 42.5 Å². The average Bonchev–Trinajstić information content (AvgIpc) is 3.68. The predicted octanol–water partition coefficient (Wildman–Crippen LogP) is 4.08. The SMILES string of the molecule is CC(C)OC(=O)N1C[C@H](C)N(C(=O)C2CC2)c2ccc(-c3ccc(N4CCS(=O)(=O)CC4)cc3)cc21. The number of hydrogen-bond acceptors (Lipinski definition) is 6. The number of hydrogen-bond donors (Lipinski definition) is 0. The molecule has 0 aromatic heterocycles. The molecule has 0 bridgehead atoms. The minimum Gasteiger partial charge on any atom is -0.446 e. The minimum absolute atomic E-state index is 0.0754. The fourth-order valence-electron chi connectivity index (χ4n) is 4.94. The molecule has 2 aliphatic heterocycles. The molecule has 5 rings (SSSR count). The second kappa shape index (κ2) is 9.42. The quantitative estimate of drug-likeness (QED) is 0.615. The van der Waals surface area contributed by atoms with Crippen molar-refractivity contribution in [1.29, 1.82) is 0 Å². The molecule has 0 unspecified atom stereocenters. The fraction of sp³-hybridized carbons (Fsp3) is 0.481.